The first kappa shape index (κ1) is 66.2. The highest BCUT2D eigenvalue weighted by Crippen LogP contribution is 2.25. The largest absolute Gasteiger partial charge is 0.361 e. The van der Waals surface area contributed by atoms with Crippen molar-refractivity contribution >= 4 is 56.4 Å². The van der Waals surface area contributed by atoms with Gasteiger partial charge >= 0.3 is 0 Å². The minimum Gasteiger partial charge on any atom is -0.361 e. The van der Waals surface area contributed by atoms with Gasteiger partial charge in [-0.05, 0) is 81.2 Å². The molecule has 0 fully saturated rings. The number of amides is 1. The van der Waals surface area contributed by atoms with E-state index in [0.717, 1.165) is 50.1 Å². The predicted molar refractivity (Wildman–Crippen MR) is 322 cm³/mol. The van der Waals surface area contributed by atoms with Crippen LogP contribution in [0.4, 0.5) is 5.82 Å². The number of hydrogen-bond donors (Lipinski definition) is 0. The SMILES string of the molecule is CC(C)(C)CC(=O)Cc1cc2ccccc2cn1.CC(C)(C)CC(=O)Cc1ccccn1.CC(C)(C)CC(=O)Cc1nccc2ccccc12.CN(C(=O)CC(C)(C)C)c1ccccn1.Cc1cc(CC(=O)CC(C)(C)C)no1. The Morgan fingerprint density at radius 1 is 0.430 bits per heavy atom. The van der Waals surface area contributed by atoms with Gasteiger partial charge < -0.3 is 4.52 Å². The number of benzene rings is 2. The van der Waals surface area contributed by atoms with Crippen LogP contribution in [0.15, 0.2) is 132 Å². The summed E-state index contributed by atoms with van der Waals surface area (Å²) in [4.78, 5) is 77.5. The van der Waals surface area contributed by atoms with Crippen LogP contribution >= 0.6 is 0 Å². The van der Waals surface area contributed by atoms with Crippen LogP contribution in [0.2, 0.25) is 0 Å². The van der Waals surface area contributed by atoms with Gasteiger partial charge in [-0.15, -0.1) is 0 Å². The molecule has 0 atom stereocenters. The van der Waals surface area contributed by atoms with Crippen LogP contribution in [0.25, 0.3) is 21.5 Å². The maximum absolute atomic E-state index is 12.0. The second kappa shape index (κ2) is 30.3. The topological polar surface area (TPSA) is 166 Å². The Labute approximate surface area is 472 Å². The molecule has 424 valence electrons. The lowest BCUT2D eigenvalue weighted by Gasteiger charge is -2.22. The molecule has 0 unspecified atom stereocenters. The summed E-state index contributed by atoms with van der Waals surface area (Å²) < 4.78 is 4.89. The van der Waals surface area contributed by atoms with Crippen LogP contribution in [0.1, 0.15) is 164 Å². The molecule has 7 aromatic rings. The fourth-order valence-electron chi connectivity index (χ4n) is 8.21. The number of nitrogens with zero attached hydrogens (tertiary/aromatic N) is 6. The molecule has 79 heavy (non-hydrogen) atoms. The van der Waals surface area contributed by atoms with Crippen LogP contribution in [0.3, 0.4) is 0 Å². The maximum atomic E-state index is 12.0. The minimum absolute atomic E-state index is 0.0140. The summed E-state index contributed by atoms with van der Waals surface area (Å²) in [6.45, 7) is 32.9. The highest BCUT2D eigenvalue weighted by molar-refractivity contribution is 5.92. The Morgan fingerprint density at radius 2 is 0.886 bits per heavy atom. The molecule has 1 amide bonds. The van der Waals surface area contributed by atoms with Crippen molar-refractivity contribution in [3.8, 4) is 0 Å². The average molecular weight is 1080 g/mol. The second-order valence-corrected chi connectivity index (χ2v) is 26.4. The predicted octanol–water partition coefficient (Wildman–Crippen LogP) is 15.2. The van der Waals surface area contributed by atoms with Gasteiger partial charge in [0.15, 0.2) is 0 Å². The van der Waals surface area contributed by atoms with Gasteiger partial charge in [0.25, 0.3) is 0 Å². The van der Waals surface area contributed by atoms with Crippen molar-refractivity contribution in [2.45, 2.75) is 169 Å². The van der Waals surface area contributed by atoms with E-state index < -0.39 is 0 Å². The van der Waals surface area contributed by atoms with Crippen LogP contribution < -0.4 is 4.90 Å². The Balaban J connectivity index is 0.000000261. The third-order valence-electron chi connectivity index (χ3n) is 11.3. The monoisotopic (exact) mass is 1070 g/mol. The third-order valence-corrected chi connectivity index (χ3v) is 11.3. The van der Waals surface area contributed by atoms with Crippen LogP contribution in [0.5, 0.6) is 0 Å². The van der Waals surface area contributed by atoms with E-state index in [1.54, 1.807) is 36.6 Å². The zero-order valence-electron chi connectivity index (χ0n) is 50.6. The molecular formula is C67H90N6O6. The molecule has 0 aliphatic carbocycles. The molecule has 0 N–H and O–H groups in total. The smallest absolute Gasteiger partial charge is 0.228 e. The molecule has 7 rings (SSSR count). The Bertz CT molecular complexity index is 3010. The normalized spacial score (nSPS) is 11.6. The van der Waals surface area contributed by atoms with Gasteiger partial charge in [-0.3, -0.25) is 43.8 Å². The van der Waals surface area contributed by atoms with Crippen molar-refractivity contribution in [1.82, 2.24) is 25.1 Å². The number of Topliss-reactive ketones (excluding diaryl/α,β-unsaturated/α-hetero) is 4. The van der Waals surface area contributed by atoms with E-state index in [-0.39, 0.29) is 56.1 Å². The zero-order chi connectivity index (χ0) is 59.2. The van der Waals surface area contributed by atoms with Crippen LogP contribution in [0, 0.1) is 34.0 Å². The standard InChI is InChI=1S/2C16H19NO.C12H18N2O.C12H17NO.C11H17NO2/c1-16(2,3)10-15(18)9-14-8-12-6-4-5-7-13(12)11-17-14;1-16(2,3)11-13(18)10-15-14-7-5-4-6-12(14)8-9-17-15;1-12(2,3)9-11(15)14(4)10-7-5-6-8-13-10;1-12(2,3)9-11(14)8-10-6-4-5-7-13-10;1-8-5-9(12-14-8)6-10(13)7-11(2,3)4/h4-8,11H,9-10H2,1-3H3;4-9H,10-11H2,1-3H3;5-8H,9H2,1-4H3;4-7H,8-9H2,1-3H3;5H,6-7H2,1-4H3. The summed E-state index contributed by atoms with van der Waals surface area (Å²) in [7, 11) is 1.76. The van der Waals surface area contributed by atoms with Crippen LogP contribution in [-0.2, 0) is 49.7 Å². The number of anilines is 1. The molecule has 5 aromatic heterocycles. The van der Waals surface area contributed by atoms with E-state index in [0.29, 0.717) is 63.6 Å². The first-order valence-electron chi connectivity index (χ1n) is 27.4. The fraction of sp³-hybridized carbons (Fsp3) is 0.463. The number of carbonyl (C=O) groups is 5. The Hall–Kier alpha value is -7.08. The van der Waals surface area contributed by atoms with Gasteiger partial charge in [-0.2, -0.15) is 0 Å². The molecule has 0 bridgehead atoms. The molecule has 0 aliphatic heterocycles. The van der Waals surface area contributed by atoms with E-state index in [4.69, 9.17) is 4.52 Å². The lowest BCUT2D eigenvalue weighted by molar-refractivity contribution is -0.121. The number of ketones is 4. The van der Waals surface area contributed by atoms with Crippen molar-refractivity contribution in [2.75, 3.05) is 11.9 Å². The number of hydrogen-bond acceptors (Lipinski definition) is 11. The number of carbonyl (C=O) groups excluding carboxylic acids is 5. The lowest BCUT2D eigenvalue weighted by atomic mass is 9.88. The number of aryl methyl sites for hydroxylation is 1. The fourth-order valence-corrected chi connectivity index (χ4v) is 8.21. The summed E-state index contributed by atoms with van der Waals surface area (Å²) in [5.41, 5.74) is 3.58. The first-order valence-corrected chi connectivity index (χ1v) is 27.4. The van der Waals surface area contributed by atoms with Gasteiger partial charge in [-0.1, -0.05) is 170 Å². The number of aromatic nitrogens is 5. The molecule has 0 saturated heterocycles. The molecule has 0 radical (unpaired) electrons. The molecule has 2 aromatic carbocycles. The van der Waals surface area contributed by atoms with Gasteiger partial charge in [0.05, 0.1) is 17.8 Å². The van der Waals surface area contributed by atoms with Gasteiger partial charge in [0.1, 0.15) is 34.7 Å². The summed E-state index contributed by atoms with van der Waals surface area (Å²) in [5, 5.41) is 8.28. The molecule has 5 heterocycles. The lowest BCUT2D eigenvalue weighted by Crippen LogP contribution is -2.30. The van der Waals surface area contributed by atoms with Crippen molar-refractivity contribution in [2.24, 2.45) is 27.1 Å². The molecule has 0 saturated carbocycles. The van der Waals surface area contributed by atoms with Crippen LogP contribution in [-0.4, -0.2) is 61.2 Å². The zero-order valence-corrected chi connectivity index (χ0v) is 50.6. The third kappa shape index (κ3) is 28.9. The first-order chi connectivity index (χ1) is 36.6. The van der Waals surface area contributed by atoms with E-state index in [9.17, 15) is 24.0 Å². The van der Waals surface area contributed by atoms with Gasteiger partial charge in [0.2, 0.25) is 5.91 Å². The van der Waals surface area contributed by atoms with Crippen molar-refractivity contribution in [1.29, 1.82) is 0 Å². The van der Waals surface area contributed by atoms with Crippen molar-refractivity contribution < 1.29 is 28.5 Å². The van der Waals surface area contributed by atoms with E-state index in [1.165, 1.54) is 0 Å². The van der Waals surface area contributed by atoms with E-state index in [2.05, 4.69) is 141 Å². The molecular weight excluding hydrogens is 985 g/mol. The molecule has 0 spiro atoms. The highest BCUT2D eigenvalue weighted by Gasteiger charge is 2.22. The molecule has 12 nitrogen and oxygen atoms in total. The highest BCUT2D eigenvalue weighted by atomic mass is 16.5. The number of pyridine rings is 4. The summed E-state index contributed by atoms with van der Waals surface area (Å²) in [5.74, 6) is 2.54. The number of rotatable bonds is 14. The second-order valence-electron chi connectivity index (χ2n) is 26.4. The van der Waals surface area contributed by atoms with Gasteiger partial charge in [-0.25, -0.2) is 4.98 Å². The summed E-state index contributed by atoms with van der Waals surface area (Å²) in [6.07, 6.45) is 11.7. The molecule has 12 heteroatoms. The molecule has 0 aliphatic rings. The van der Waals surface area contributed by atoms with Crippen molar-refractivity contribution in [3.63, 3.8) is 0 Å². The maximum Gasteiger partial charge on any atom is 0.228 e. The van der Waals surface area contributed by atoms with E-state index >= 15 is 0 Å². The quantitative estimate of drug-likeness (QED) is 0.102. The Kier molecular flexibility index (Phi) is 25.4. The Morgan fingerprint density at radius 3 is 1.37 bits per heavy atom. The summed E-state index contributed by atoms with van der Waals surface area (Å²) >= 11 is 0. The van der Waals surface area contributed by atoms with Gasteiger partial charge in [0, 0.05) is 111 Å². The number of fused-ring (bicyclic) bond motifs is 2. The average Bonchev–Trinajstić information content (AvgIpc) is 3.73. The minimum atomic E-state index is 0.0140. The van der Waals surface area contributed by atoms with Crippen molar-refractivity contribution in [3.05, 3.63) is 156 Å². The van der Waals surface area contributed by atoms with E-state index in [1.807, 2.05) is 98.0 Å². The summed E-state index contributed by atoms with van der Waals surface area (Å²) in [6, 6.07) is 33.2.